The van der Waals surface area contributed by atoms with Crippen molar-refractivity contribution < 1.29 is 56.4 Å². The standard InChI is InChI=1S/C35H38N2O12S/c1-23-11-4-2-5-12-24-21-25(22-29(24)30(38)17-18-31(39)47-23)48-35(41)28-16-9-8-15-27(28)34(40)46-20-10-19-45-32-33(37(42)49-36-32)50(43,44)26-13-6-3-7-14-26/h3,5-9,12-18,23-25,29-30,38H,2,4,10-11,19-22H2,1H3/b12-5+,18-17+/t23-,24+,25-,29+,30+/m0/s1. The average Bonchev–Trinajstić information content (AvgIpc) is 3.69. The quantitative estimate of drug-likeness (QED) is 0.105. The van der Waals surface area contributed by atoms with E-state index in [1.807, 2.05) is 19.1 Å². The van der Waals surface area contributed by atoms with Gasteiger partial charge in [-0.05, 0) is 86.1 Å². The Morgan fingerprint density at radius 1 is 1.02 bits per heavy atom. The summed E-state index contributed by atoms with van der Waals surface area (Å²) in [5.74, 6) is -2.99. The highest BCUT2D eigenvalue weighted by Crippen LogP contribution is 2.38. The van der Waals surface area contributed by atoms with Gasteiger partial charge in [0.25, 0.3) is 9.84 Å². The van der Waals surface area contributed by atoms with Crippen LogP contribution in [-0.4, -0.2) is 68.1 Å². The van der Waals surface area contributed by atoms with E-state index in [2.05, 4.69) is 9.79 Å². The number of ether oxygens (including phenoxy) is 4. The van der Waals surface area contributed by atoms with E-state index in [9.17, 15) is 33.1 Å². The average molecular weight is 711 g/mol. The van der Waals surface area contributed by atoms with Crippen LogP contribution in [0.5, 0.6) is 5.88 Å². The Kier molecular flexibility index (Phi) is 12.0. The van der Waals surface area contributed by atoms with Crippen LogP contribution >= 0.6 is 0 Å². The lowest BCUT2D eigenvalue weighted by Crippen LogP contribution is -2.31. The predicted octanol–water partition coefficient (Wildman–Crippen LogP) is 3.91. The molecular weight excluding hydrogens is 672 g/mol. The number of fused-ring (bicyclic) bond motifs is 1. The second-order valence-corrected chi connectivity index (χ2v) is 13.9. The molecule has 2 heterocycles. The van der Waals surface area contributed by atoms with Crippen molar-refractivity contribution in [3.05, 3.63) is 95.2 Å². The van der Waals surface area contributed by atoms with Gasteiger partial charge in [0, 0.05) is 12.5 Å². The van der Waals surface area contributed by atoms with E-state index >= 15 is 0 Å². The summed E-state index contributed by atoms with van der Waals surface area (Å²) >= 11 is 0. The van der Waals surface area contributed by atoms with Crippen LogP contribution in [-0.2, 0) is 28.8 Å². The number of sulfone groups is 1. The minimum Gasteiger partial charge on any atom is -0.462 e. The van der Waals surface area contributed by atoms with Crippen LogP contribution in [0, 0.1) is 17.0 Å². The number of aromatic nitrogens is 2. The number of hydrogen-bond donors (Lipinski definition) is 1. The molecule has 1 saturated carbocycles. The molecule has 1 fully saturated rings. The maximum atomic E-state index is 13.3. The molecule has 266 valence electrons. The Labute approximate surface area is 288 Å². The smallest absolute Gasteiger partial charge is 0.414 e. The fourth-order valence-corrected chi connectivity index (χ4v) is 7.23. The zero-order valence-corrected chi connectivity index (χ0v) is 28.1. The van der Waals surface area contributed by atoms with E-state index in [0.29, 0.717) is 19.3 Å². The van der Waals surface area contributed by atoms with Crippen molar-refractivity contribution in [1.29, 1.82) is 0 Å². The zero-order valence-electron chi connectivity index (χ0n) is 27.3. The largest absolute Gasteiger partial charge is 0.462 e. The third kappa shape index (κ3) is 8.95. The van der Waals surface area contributed by atoms with Crippen molar-refractivity contribution >= 4 is 27.7 Å². The summed E-state index contributed by atoms with van der Waals surface area (Å²) in [6.45, 7) is 1.48. The molecule has 5 rings (SSSR count). The molecule has 3 aromatic rings. The molecule has 1 aromatic heterocycles. The monoisotopic (exact) mass is 710 g/mol. The zero-order chi connectivity index (χ0) is 35.7. The van der Waals surface area contributed by atoms with Crippen molar-refractivity contribution in [3.63, 3.8) is 0 Å². The highest BCUT2D eigenvalue weighted by Gasteiger charge is 2.39. The maximum absolute atomic E-state index is 13.3. The summed E-state index contributed by atoms with van der Waals surface area (Å²) in [6, 6.07) is 13.3. The number of allylic oxidation sites excluding steroid dienone is 2. The van der Waals surface area contributed by atoms with E-state index in [0.717, 1.165) is 12.8 Å². The molecule has 0 unspecified atom stereocenters. The van der Waals surface area contributed by atoms with Gasteiger partial charge in [-0.25, -0.2) is 22.8 Å². The van der Waals surface area contributed by atoms with Gasteiger partial charge in [0.2, 0.25) is 0 Å². The predicted molar refractivity (Wildman–Crippen MR) is 173 cm³/mol. The normalized spacial score (nSPS) is 24.0. The number of esters is 3. The highest BCUT2D eigenvalue weighted by molar-refractivity contribution is 7.91. The maximum Gasteiger partial charge on any atom is 0.414 e. The SMILES string of the molecule is C[C@H]1CCC/C=C/[C@@H]2C[C@H](OC(=O)c3ccccc3C(=O)OCCCOc3no[n+]([O-])c3S(=O)(=O)c3ccccc3)C[C@H]2[C@H](O)/C=C/C(=O)O1. The van der Waals surface area contributed by atoms with E-state index in [1.165, 1.54) is 48.6 Å². The Bertz CT molecular complexity index is 1820. The topological polar surface area (TPSA) is 195 Å². The van der Waals surface area contributed by atoms with Crippen LogP contribution in [0.4, 0.5) is 0 Å². The van der Waals surface area contributed by atoms with Crippen molar-refractivity contribution in [2.75, 3.05) is 13.2 Å². The van der Waals surface area contributed by atoms with E-state index in [4.69, 9.17) is 18.9 Å². The van der Waals surface area contributed by atoms with E-state index in [-0.39, 0.29) is 58.5 Å². The Morgan fingerprint density at radius 2 is 1.74 bits per heavy atom. The van der Waals surface area contributed by atoms with Crippen molar-refractivity contribution in [2.45, 2.75) is 73.7 Å². The molecule has 0 radical (unpaired) electrons. The third-order valence-electron chi connectivity index (χ3n) is 8.43. The summed E-state index contributed by atoms with van der Waals surface area (Å²) in [6.07, 6.45) is 8.18. The number of cyclic esters (lactones) is 1. The van der Waals surface area contributed by atoms with Crippen molar-refractivity contribution in [1.82, 2.24) is 5.16 Å². The summed E-state index contributed by atoms with van der Waals surface area (Å²) in [7, 11) is -4.29. The highest BCUT2D eigenvalue weighted by atomic mass is 32.2. The summed E-state index contributed by atoms with van der Waals surface area (Å²) in [5, 5.41) is 25.6. The van der Waals surface area contributed by atoms with Gasteiger partial charge in [0.1, 0.15) is 6.10 Å². The van der Waals surface area contributed by atoms with Crippen LogP contribution in [0.3, 0.4) is 0 Å². The number of nitrogens with zero attached hydrogens (tertiary/aromatic N) is 2. The Hall–Kier alpha value is -5.02. The second-order valence-electron chi connectivity index (χ2n) is 12.0. The molecule has 14 nitrogen and oxygen atoms in total. The molecule has 2 aliphatic rings. The Morgan fingerprint density at radius 3 is 2.50 bits per heavy atom. The van der Waals surface area contributed by atoms with Crippen LogP contribution in [0.1, 0.15) is 66.2 Å². The lowest BCUT2D eigenvalue weighted by atomic mass is 9.90. The van der Waals surface area contributed by atoms with Gasteiger partial charge in [-0.1, -0.05) is 42.5 Å². The van der Waals surface area contributed by atoms with Gasteiger partial charge >= 0.3 is 28.8 Å². The van der Waals surface area contributed by atoms with Crippen LogP contribution in [0.15, 0.2) is 93.5 Å². The summed E-state index contributed by atoms with van der Waals surface area (Å²) < 4.78 is 52.2. The van der Waals surface area contributed by atoms with Crippen LogP contribution in [0.2, 0.25) is 0 Å². The molecule has 50 heavy (non-hydrogen) atoms. The number of rotatable bonds is 10. The molecule has 1 N–H and O–H groups in total. The molecule has 2 aromatic carbocycles. The number of carbonyl (C=O) groups is 3. The first-order chi connectivity index (χ1) is 24.0. The van der Waals surface area contributed by atoms with Gasteiger partial charge in [0.05, 0.1) is 46.6 Å². The first-order valence-corrected chi connectivity index (χ1v) is 17.8. The molecule has 0 bridgehead atoms. The first-order valence-electron chi connectivity index (χ1n) is 16.3. The van der Waals surface area contributed by atoms with Gasteiger partial charge in [-0.3, -0.25) is 4.63 Å². The molecule has 0 saturated heterocycles. The number of benzene rings is 2. The summed E-state index contributed by atoms with van der Waals surface area (Å²) in [4.78, 5) is 38.1. The minimum absolute atomic E-state index is 0.00195. The number of aliphatic hydroxyl groups is 1. The molecule has 0 amide bonds. The molecule has 15 heteroatoms. The fraction of sp³-hybridized carbons (Fsp3) is 0.400. The molecule has 1 aliphatic heterocycles. The number of hydrogen-bond acceptors (Lipinski definition) is 13. The van der Waals surface area contributed by atoms with Gasteiger partial charge in [-0.15, -0.1) is 0 Å². The van der Waals surface area contributed by atoms with Crippen LogP contribution < -0.4 is 9.64 Å². The van der Waals surface area contributed by atoms with E-state index in [1.54, 1.807) is 18.2 Å². The fourth-order valence-electron chi connectivity index (χ4n) is 5.94. The molecule has 0 spiro atoms. The molecule has 1 aliphatic carbocycles. The van der Waals surface area contributed by atoms with Gasteiger partial charge in [0.15, 0.2) is 0 Å². The van der Waals surface area contributed by atoms with Crippen molar-refractivity contribution in [2.24, 2.45) is 11.8 Å². The first kappa shape index (κ1) is 36.3. The van der Waals surface area contributed by atoms with Gasteiger partial charge < -0.3 is 29.3 Å². The Balaban J connectivity index is 1.16. The minimum atomic E-state index is -4.29. The third-order valence-corrected chi connectivity index (χ3v) is 10.2. The van der Waals surface area contributed by atoms with Crippen molar-refractivity contribution in [3.8, 4) is 5.88 Å². The summed E-state index contributed by atoms with van der Waals surface area (Å²) in [5.41, 5.74) is -0.0168. The number of aliphatic hydroxyl groups excluding tert-OH is 1. The molecular formula is C35H38N2O12S. The number of carbonyl (C=O) groups excluding carboxylic acids is 3. The van der Waals surface area contributed by atoms with Gasteiger partial charge in [-0.2, -0.15) is 0 Å². The van der Waals surface area contributed by atoms with E-state index < -0.39 is 50.9 Å². The lowest BCUT2D eigenvalue weighted by Gasteiger charge is -2.19. The lowest BCUT2D eigenvalue weighted by molar-refractivity contribution is -0.832. The second kappa shape index (κ2) is 16.6. The van der Waals surface area contributed by atoms with Crippen LogP contribution in [0.25, 0.3) is 0 Å². The molecule has 5 atom stereocenters.